The molecule has 0 bridgehead atoms. The summed E-state index contributed by atoms with van der Waals surface area (Å²) in [5.74, 6) is -0.105. The van der Waals surface area contributed by atoms with Crippen molar-refractivity contribution >= 4 is 28.5 Å². The third-order valence-electron chi connectivity index (χ3n) is 4.61. The highest BCUT2D eigenvalue weighted by molar-refractivity contribution is 7.13. The van der Waals surface area contributed by atoms with Gasteiger partial charge in [0.25, 0.3) is 0 Å². The zero-order chi connectivity index (χ0) is 24.9. The Labute approximate surface area is 198 Å². The minimum atomic E-state index is -4.70. The van der Waals surface area contributed by atoms with Gasteiger partial charge in [-0.15, -0.1) is 11.3 Å². The number of nitrogens with two attached hydrogens (primary N) is 1. The lowest BCUT2D eigenvalue weighted by Crippen LogP contribution is -2.41. The van der Waals surface area contributed by atoms with Crippen molar-refractivity contribution in [3.8, 4) is 17.0 Å². The van der Waals surface area contributed by atoms with E-state index >= 15 is 0 Å². The van der Waals surface area contributed by atoms with E-state index in [1.165, 1.54) is 35.7 Å². The molecule has 182 valence electrons. The molecule has 0 aliphatic carbocycles. The first-order valence-electron chi connectivity index (χ1n) is 10.3. The van der Waals surface area contributed by atoms with Gasteiger partial charge in [-0.1, -0.05) is 13.8 Å². The minimum Gasteiger partial charge on any atom is -0.489 e. The molecule has 0 fully saturated rings. The Balaban J connectivity index is 1.88. The van der Waals surface area contributed by atoms with Crippen LogP contribution in [0.3, 0.4) is 0 Å². The molecular formula is C22H24F3N5O3S. The van der Waals surface area contributed by atoms with Crippen LogP contribution in [0, 0.1) is 5.92 Å². The number of ether oxygens (including phenoxy) is 2. The van der Waals surface area contributed by atoms with Gasteiger partial charge in [-0.25, -0.2) is 19.7 Å². The summed E-state index contributed by atoms with van der Waals surface area (Å²) in [5.41, 5.74) is 3.48. The number of anilines is 2. The summed E-state index contributed by atoms with van der Waals surface area (Å²) < 4.78 is 52.3. The standard InChI is InChI=1S/C22H24F3N5O3S/c1-13(2)11-21(3,33-18(26)31)12-32-17-5-4-14(10-15(17)22(23,24)25)16-6-7-27-19(29-16)30-20-28-8-9-34-20/h4-10,13H,11-12H2,1-3H3,(H2,26,31)(H,27,28,29,30)/t21-/m0/s1. The third-order valence-corrected chi connectivity index (χ3v) is 5.30. The first-order valence-corrected chi connectivity index (χ1v) is 11.2. The van der Waals surface area contributed by atoms with Crippen LogP contribution in [0.4, 0.5) is 29.0 Å². The van der Waals surface area contributed by atoms with Crippen LogP contribution in [-0.2, 0) is 10.9 Å². The van der Waals surface area contributed by atoms with Gasteiger partial charge in [-0.05, 0) is 43.5 Å². The number of nitrogens with zero attached hydrogens (tertiary/aromatic N) is 3. The SMILES string of the molecule is CC(C)C[C@@](C)(COc1ccc(-c2ccnc(Nc3nccs3)n2)cc1C(F)(F)F)OC(N)=O. The van der Waals surface area contributed by atoms with Gasteiger partial charge in [-0.2, -0.15) is 13.2 Å². The topological polar surface area (TPSA) is 112 Å². The molecule has 3 aromatic rings. The van der Waals surface area contributed by atoms with E-state index < -0.39 is 29.2 Å². The first-order chi connectivity index (χ1) is 15.9. The van der Waals surface area contributed by atoms with Gasteiger partial charge in [0.15, 0.2) is 5.13 Å². The summed E-state index contributed by atoms with van der Waals surface area (Å²) in [5, 5.41) is 5.22. The number of alkyl halides is 3. The lowest BCUT2D eigenvalue weighted by Gasteiger charge is -2.30. The Bertz CT molecular complexity index is 1130. The maximum atomic E-state index is 13.9. The van der Waals surface area contributed by atoms with E-state index in [1.807, 2.05) is 13.8 Å². The van der Waals surface area contributed by atoms with Gasteiger partial charge in [0.2, 0.25) is 5.95 Å². The number of rotatable bonds is 9. The fraction of sp³-hybridized carbons (Fsp3) is 0.364. The summed E-state index contributed by atoms with van der Waals surface area (Å²) in [6.07, 6.45) is -2.32. The zero-order valence-electron chi connectivity index (χ0n) is 18.7. The molecule has 3 rings (SSSR count). The minimum absolute atomic E-state index is 0.0855. The van der Waals surface area contributed by atoms with Crippen molar-refractivity contribution in [3.63, 3.8) is 0 Å². The van der Waals surface area contributed by atoms with Crippen LogP contribution < -0.4 is 15.8 Å². The van der Waals surface area contributed by atoms with Crippen LogP contribution in [0.15, 0.2) is 42.0 Å². The van der Waals surface area contributed by atoms with E-state index in [0.717, 1.165) is 6.07 Å². The Hall–Kier alpha value is -3.41. The fourth-order valence-electron chi connectivity index (χ4n) is 3.46. The molecule has 12 heteroatoms. The molecule has 3 N–H and O–H groups in total. The molecule has 1 amide bonds. The van der Waals surface area contributed by atoms with Gasteiger partial charge in [0, 0.05) is 23.3 Å². The maximum Gasteiger partial charge on any atom is 0.419 e. The van der Waals surface area contributed by atoms with Crippen molar-refractivity contribution in [3.05, 3.63) is 47.6 Å². The van der Waals surface area contributed by atoms with Crippen molar-refractivity contribution in [2.75, 3.05) is 11.9 Å². The van der Waals surface area contributed by atoms with Crippen molar-refractivity contribution in [2.24, 2.45) is 11.7 Å². The average molecular weight is 496 g/mol. The largest absolute Gasteiger partial charge is 0.489 e. The van der Waals surface area contributed by atoms with Crippen molar-refractivity contribution in [1.82, 2.24) is 15.0 Å². The maximum absolute atomic E-state index is 13.9. The Kier molecular flexibility index (Phi) is 7.60. The monoisotopic (exact) mass is 495 g/mol. The van der Waals surface area contributed by atoms with E-state index in [-0.39, 0.29) is 29.7 Å². The number of halogens is 3. The second-order valence-corrected chi connectivity index (χ2v) is 9.09. The highest BCUT2D eigenvalue weighted by Crippen LogP contribution is 2.39. The van der Waals surface area contributed by atoms with Crippen molar-refractivity contribution in [2.45, 2.75) is 39.0 Å². The fourth-order valence-corrected chi connectivity index (χ4v) is 3.99. The van der Waals surface area contributed by atoms with Crippen LogP contribution in [0.5, 0.6) is 5.75 Å². The van der Waals surface area contributed by atoms with E-state index in [0.29, 0.717) is 11.6 Å². The summed E-state index contributed by atoms with van der Waals surface area (Å²) in [6, 6.07) is 5.14. The number of carbonyl (C=O) groups is 1. The van der Waals surface area contributed by atoms with E-state index in [4.69, 9.17) is 15.2 Å². The number of benzene rings is 1. The van der Waals surface area contributed by atoms with Gasteiger partial charge in [-0.3, -0.25) is 0 Å². The van der Waals surface area contributed by atoms with Crippen molar-refractivity contribution < 1.29 is 27.4 Å². The van der Waals surface area contributed by atoms with Crippen LogP contribution >= 0.6 is 11.3 Å². The molecule has 2 heterocycles. The number of thiazole rings is 1. The molecule has 0 saturated carbocycles. The second-order valence-electron chi connectivity index (χ2n) is 8.19. The van der Waals surface area contributed by atoms with E-state index in [9.17, 15) is 18.0 Å². The molecule has 1 atom stereocenters. The van der Waals surface area contributed by atoms with Crippen molar-refractivity contribution in [1.29, 1.82) is 0 Å². The number of hydrogen-bond donors (Lipinski definition) is 2. The zero-order valence-corrected chi connectivity index (χ0v) is 19.5. The Morgan fingerprint density at radius 1 is 1.21 bits per heavy atom. The molecule has 2 aromatic heterocycles. The predicted octanol–water partition coefficient (Wildman–Crippen LogP) is 5.64. The van der Waals surface area contributed by atoms with Gasteiger partial charge < -0.3 is 20.5 Å². The molecule has 34 heavy (non-hydrogen) atoms. The number of nitrogens with one attached hydrogen (secondary N) is 1. The molecule has 8 nitrogen and oxygen atoms in total. The second kappa shape index (κ2) is 10.2. The van der Waals surface area contributed by atoms with Gasteiger partial charge in [0.1, 0.15) is 18.0 Å². The predicted molar refractivity (Wildman–Crippen MR) is 122 cm³/mol. The van der Waals surface area contributed by atoms with Crippen LogP contribution in [0.2, 0.25) is 0 Å². The quantitative estimate of drug-likeness (QED) is 0.395. The molecule has 0 aliphatic heterocycles. The Morgan fingerprint density at radius 2 is 1.97 bits per heavy atom. The summed E-state index contributed by atoms with van der Waals surface area (Å²) in [6.45, 7) is 5.04. The smallest absolute Gasteiger partial charge is 0.419 e. The molecule has 0 unspecified atom stereocenters. The average Bonchev–Trinajstić information content (AvgIpc) is 3.23. The molecular weight excluding hydrogens is 471 g/mol. The lowest BCUT2D eigenvalue weighted by atomic mass is 9.95. The molecule has 0 saturated heterocycles. The number of carbonyl (C=O) groups excluding carboxylic acids is 1. The lowest BCUT2D eigenvalue weighted by molar-refractivity contribution is -0.139. The molecule has 0 spiro atoms. The Morgan fingerprint density at radius 3 is 2.59 bits per heavy atom. The van der Waals surface area contributed by atoms with E-state index in [1.54, 1.807) is 18.5 Å². The van der Waals surface area contributed by atoms with Crippen LogP contribution in [0.25, 0.3) is 11.3 Å². The van der Waals surface area contributed by atoms with Crippen LogP contribution in [0.1, 0.15) is 32.8 Å². The summed E-state index contributed by atoms with van der Waals surface area (Å²) in [4.78, 5) is 23.7. The summed E-state index contributed by atoms with van der Waals surface area (Å²) in [7, 11) is 0. The molecule has 1 aromatic carbocycles. The number of amides is 1. The van der Waals surface area contributed by atoms with Crippen LogP contribution in [-0.4, -0.2) is 33.3 Å². The summed E-state index contributed by atoms with van der Waals surface area (Å²) >= 11 is 1.33. The number of hydrogen-bond acceptors (Lipinski definition) is 8. The highest BCUT2D eigenvalue weighted by atomic mass is 32.1. The highest BCUT2D eigenvalue weighted by Gasteiger charge is 2.37. The number of aromatic nitrogens is 3. The van der Waals surface area contributed by atoms with Gasteiger partial charge in [0.05, 0.1) is 11.3 Å². The first kappa shape index (κ1) is 25.2. The van der Waals surface area contributed by atoms with E-state index in [2.05, 4.69) is 20.3 Å². The third kappa shape index (κ3) is 6.80. The molecule has 0 radical (unpaired) electrons. The van der Waals surface area contributed by atoms with Gasteiger partial charge >= 0.3 is 12.3 Å². The normalized spacial score (nSPS) is 13.4. The molecule has 0 aliphatic rings. The number of primary amides is 1.